The number of rotatable bonds is 7. The molecular weight excluding hydrogens is 574 g/mol. The molecule has 0 aliphatic carbocycles. The molecule has 0 aliphatic rings. The van der Waals surface area contributed by atoms with E-state index in [-0.39, 0.29) is 15.9 Å². The van der Waals surface area contributed by atoms with Gasteiger partial charge in [0.25, 0.3) is 5.91 Å². The maximum atomic E-state index is 13.3. The predicted octanol–water partition coefficient (Wildman–Crippen LogP) is 4.82. The van der Waals surface area contributed by atoms with Crippen LogP contribution in [0.5, 0.6) is 0 Å². The van der Waals surface area contributed by atoms with E-state index < -0.39 is 16.1 Å². The average molecular weight is 597 g/mol. The Morgan fingerprint density at radius 2 is 1.57 bits per heavy atom. The van der Waals surface area contributed by atoms with E-state index in [2.05, 4.69) is 36.9 Å². The van der Waals surface area contributed by atoms with Gasteiger partial charge in [0, 0.05) is 21.9 Å². The second-order valence-corrected chi connectivity index (χ2v) is 10.8. The van der Waals surface area contributed by atoms with Crippen molar-refractivity contribution in [3.05, 3.63) is 107 Å². The van der Waals surface area contributed by atoms with Crippen molar-refractivity contribution in [1.29, 1.82) is 0 Å². The van der Waals surface area contributed by atoms with Crippen molar-refractivity contribution in [1.82, 2.24) is 10.3 Å². The Balaban J connectivity index is 1.52. The van der Waals surface area contributed by atoms with Crippen LogP contribution in [0.25, 0.3) is 11.1 Å². The number of sulfonamides is 1. The van der Waals surface area contributed by atoms with Gasteiger partial charge in [0.05, 0.1) is 4.90 Å². The number of amides is 1. The van der Waals surface area contributed by atoms with Crippen LogP contribution in [0.1, 0.15) is 11.6 Å². The number of anilines is 2. The monoisotopic (exact) mass is 595 g/mol. The highest BCUT2D eigenvalue weighted by Crippen LogP contribution is 2.28. The molecule has 1 unspecified atom stereocenters. The Kier molecular flexibility index (Phi) is 8.29. The number of hydrogen-bond acceptors (Lipinski definition) is 5. The van der Waals surface area contributed by atoms with Gasteiger partial charge >= 0.3 is 0 Å². The zero-order valence-corrected chi connectivity index (χ0v) is 22.5. The van der Waals surface area contributed by atoms with Gasteiger partial charge in [-0.05, 0) is 69.6 Å². The number of carbonyl (C=O) groups excluding carboxylic acids is 1. The molecule has 1 heterocycles. The van der Waals surface area contributed by atoms with Crippen LogP contribution in [0.2, 0.25) is 0 Å². The highest BCUT2D eigenvalue weighted by molar-refractivity contribution is 9.10. The average Bonchev–Trinajstić information content (AvgIpc) is 2.89. The number of halogens is 1. The van der Waals surface area contributed by atoms with Crippen LogP contribution in [-0.2, 0) is 14.8 Å². The number of thiocarbonyl (C=S) groups is 1. The van der Waals surface area contributed by atoms with Gasteiger partial charge in [0.15, 0.2) is 5.11 Å². The molecule has 5 N–H and O–H groups in total. The summed E-state index contributed by atoms with van der Waals surface area (Å²) < 4.78 is 24.8. The molecule has 0 radical (unpaired) electrons. The molecule has 37 heavy (non-hydrogen) atoms. The van der Waals surface area contributed by atoms with E-state index in [0.29, 0.717) is 28.2 Å². The first kappa shape index (κ1) is 26.4. The summed E-state index contributed by atoms with van der Waals surface area (Å²) in [7, 11) is -3.89. The van der Waals surface area contributed by atoms with Crippen LogP contribution in [0.3, 0.4) is 0 Å². The predicted molar refractivity (Wildman–Crippen MR) is 152 cm³/mol. The van der Waals surface area contributed by atoms with Crippen molar-refractivity contribution in [3.8, 4) is 11.1 Å². The van der Waals surface area contributed by atoms with Crippen molar-refractivity contribution in [2.75, 3.05) is 10.6 Å². The maximum Gasteiger partial charge on any atom is 0.251 e. The van der Waals surface area contributed by atoms with E-state index in [0.717, 1.165) is 4.47 Å². The lowest BCUT2D eigenvalue weighted by atomic mass is 10.0. The zero-order chi connectivity index (χ0) is 26.4. The van der Waals surface area contributed by atoms with Crippen LogP contribution in [0, 0.1) is 0 Å². The van der Waals surface area contributed by atoms with E-state index >= 15 is 0 Å². The fraction of sp³-hybridized carbons (Fsp3) is 0.0385. The molecule has 0 spiro atoms. The minimum atomic E-state index is -3.89. The largest absolute Gasteiger partial charge is 0.347 e. The van der Waals surface area contributed by atoms with Gasteiger partial charge in [-0.1, -0.05) is 60.7 Å². The normalized spacial score (nSPS) is 11.8. The number of carbonyl (C=O) groups is 1. The number of pyridine rings is 1. The van der Waals surface area contributed by atoms with Gasteiger partial charge in [0.2, 0.25) is 10.0 Å². The Bertz CT molecular complexity index is 1510. The second kappa shape index (κ2) is 11.6. The first-order valence-corrected chi connectivity index (χ1v) is 13.7. The van der Waals surface area contributed by atoms with E-state index in [1.807, 2.05) is 36.4 Å². The molecule has 0 saturated carbocycles. The molecule has 1 amide bonds. The Hall–Kier alpha value is -3.64. The summed E-state index contributed by atoms with van der Waals surface area (Å²) in [4.78, 5) is 17.6. The van der Waals surface area contributed by atoms with Crippen LogP contribution in [0.4, 0.5) is 11.5 Å². The highest BCUT2D eigenvalue weighted by atomic mass is 79.9. The summed E-state index contributed by atoms with van der Waals surface area (Å²) in [6, 6.07) is 25.3. The molecule has 1 aromatic heterocycles. The maximum absolute atomic E-state index is 13.3. The van der Waals surface area contributed by atoms with Gasteiger partial charge < -0.3 is 16.0 Å². The van der Waals surface area contributed by atoms with E-state index in [9.17, 15) is 13.2 Å². The van der Waals surface area contributed by atoms with Crippen molar-refractivity contribution in [2.45, 2.75) is 10.9 Å². The molecule has 3 aromatic carbocycles. The number of aromatic nitrogens is 1. The summed E-state index contributed by atoms with van der Waals surface area (Å²) in [5.74, 6) is 0.195. The Morgan fingerprint density at radius 1 is 0.892 bits per heavy atom. The van der Waals surface area contributed by atoms with Crippen LogP contribution < -0.4 is 21.1 Å². The van der Waals surface area contributed by atoms with Gasteiger partial charge in [-0.15, -0.1) is 0 Å². The fourth-order valence-electron chi connectivity index (χ4n) is 3.58. The Morgan fingerprint density at radius 3 is 2.22 bits per heavy atom. The molecule has 4 rings (SSSR count). The SMILES string of the molecule is NS(=O)(=O)c1ccccc1-c1ccc(NC(=O)C(NC(=S)Nc2ccc(Br)cn2)c2ccccc2)cc1. The summed E-state index contributed by atoms with van der Waals surface area (Å²) in [5, 5.41) is 14.5. The number of benzene rings is 3. The van der Waals surface area contributed by atoms with Crippen molar-refractivity contribution >= 4 is 60.7 Å². The van der Waals surface area contributed by atoms with E-state index in [1.165, 1.54) is 6.07 Å². The van der Waals surface area contributed by atoms with E-state index in [1.54, 1.807) is 54.7 Å². The first-order chi connectivity index (χ1) is 17.7. The highest BCUT2D eigenvalue weighted by Gasteiger charge is 2.22. The quantitative estimate of drug-likeness (QED) is 0.225. The molecule has 188 valence electrons. The molecule has 0 saturated heterocycles. The topological polar surface area (TPSA) is 126 Å². The van der Waals surface area contributed by atoms with E-state index in [4.69, 9.17) is 17.4 Å². The van der Waals surface area contributed by atoms with Crippen molar-refractivity contribution in [2.24, 2.45) is 5.14 Å². The standard InChI is InChI=1S/C26H22BrN5O3S2/c27-19-12-15-23(29-16-19)31-26(36)32-24(18-6-2-1-3-7-18)25(33)30-20-13-10-17(11-14-20)21-8-4-5-9-22(21)37(28,34)35/h1-16,24H,(H,30,33)(H2,28,34,35)(H2,29,31,32,36). The fourth-order valence-corrected chi connectivity index (χ4v) is 4.80. The third-order valence-electron chi connectivity index (χ3n) is 5.30. The minimum Gasteiger partial charge on any atom is -0.347 e. The number of hydrogen-bond donors (Lipinski definition) is 4. The van der Waals surface area contributed by atoms with Gasteiger partial charge in [-0.25, -0.2) is 18.5 Å². The number of primary sulfonamides is 1. The lowest BCUT2D eigenvalue weighted by Crippen LogP contribution is -2.39. The summed E-state index contributed by atoms with van der Waals surface area (Å²) in [6.07, 6.45) is 1.64. The lowest BCUT2D eigenvalue weighted by molar-refractivity contribution is -0.117. The van der Waals surface area contributed by atoms with Crippen LogP contribution in [0.15, 0.2) is 107 Å². The van der Waals surface area contributed by atoms with Gasteiger partial charge in [-0.2, -0.15) is 0 Å². The molecule has 0 fully saturated rings. The van der Waals surface area contributed by atoms with Crippen LogP contribution in [-0.4, -0.2) is 24.4 Å². The Labute approximate surface area is 228 Å². The molecule has 0 bridgehead atoms. The third-order valence-corrected chi connectivity index (χ3v) is 6.95. The van der Waals surface area contributed by atoms with Crippen molar-refractivity contribution < 1.29 is 13.2 Å². The smallest absolute Gasteiger partial charge is 0.251 e. The van der Waals surface area contributed by atoms with Crippen LogP contribution >= 0.6 is 28.1 Å². The summed E-state index contributed by atoms with van der Waals surface area (Å²) in [6.45, 7) is 0. The first-order valence-electron chi connectivity index (χ1n) is 11.0. The molecule has 0 aliphatic heterocycles. The number of nitrogens with two attached hydrogens (primary N) is 1. The molecular formula is C26H22BrN5O3S2. The molecule has 1 atom stereocenters. The molecule has 4 aromatic rings. The van der Waals surface area contributed by atoms with Gasteiger partial charge in [-0.3, -0.25) is 4.79 Å². The number of nitrogens with one attached hydrogen (secondary N) is 3. The minimum absolute atomic E-state index is 0.0291. The third kappa shape index (κ3) is 6.98. The second-order valence-electron chi connectivity index (χ2n) is 7.91. The molecule has 11 heteroatoms. The number of nitrogens with zero attached hydrogens (tertiary/aromatic N) is 1. The zero-order valence-electron chi connectivity index (χ0n) is 19.3. The lowest BCUT2D eigenvalue weighted by Gasteiger charge is -2.21. The van der Waals surface area contributed by atoms with Crippen molar-refractivity contribution in [3.63, 3.8) is 0 Å². The molecule has 8 nitrogen and oxygen atoms in total. The summed E-state index contributed by atoms with van der Waals surface area (Å²) >= 11 is 8.77. The van der Waals surface area contributed by atoms with Gasteiger partial charge in [0.1, 0.15) is 11.9 Å². The summed E-state index contributed by atoms with van der Waals surface area (Å²) in [5.41, 5.74) is 2.36.